The van der Waals surface area contributed by atoms with Crippen molar-refractivity contribution in [1.29, 1.82) is 0 Å². The zero-order valence-electron chi connectivity index (χ0n) is 15.7. The van der Waals surface area contributed by atoms with Crippen molar-refractivity contribution >= 4 is 17.5 Å². The second kappa shape index (κ2) is 7.56. The van der Waals surface area contributed by atoms with Crippen LogP contribution in [0.25, 0.3) is 0 Å². The Hall–Kier alpha value is -3.61. The van der Waals surface area contributed by atoms with Gasteiger partial charge in [-0.05, 0) is 42.7 Å². The molecule has 0 atom stereocenters. The van der Waals surface area contributed by atoms with Gasteiger partial charge in [0.2, 0.25) is 12.7 Å². The predicted octanol–water partition coefficient (Wildman–Crippen LogP) is 3.50. The maximum Gasteiger partial charge on any atom is 0.254 e. The van der Waals surface area contributed by atoms with Gasteiger partial charge in [-0.15, -0.1) is 0 Å². The summed E-state index contributed by atoms with van der Waals surface area (Å²) in [6.07, 6.45) is 3.02. The SMILES string of the molecule is Cc1cccc(C)c1Nc1ncc(C(=O)NCc2ccc3c(c2)OCO3)cn1. The quantitative estimate of drug-likeness (QED) is 0.709. The van der Waals surface area contributed by atoms with Crippen LogP contribution in [0.4, 0.5) is 11.6 Å². The Morgan fingerprint density at radius 1 is 1.04 bits per heavy atom. The van der Waals surface area contributed by atoms with Gasteiger partial charge >= 0.3 is 0 Å². The molecule has 2 aromatic carbocycles. The van der Waals surface area contributed by atoms with Crippen molar-refractivity contribution in [1.82, 2.24) is 15.3 Å². The van der Waals surface area contributed by atoms with Gasteiger partial charge in [0, 0.05) is 24.6 Å². The Morgan fingerprint density at radius 2 is 1.75 bits per heavy atom. The molecule has 1 aromatic heterocycles. The van der Waals surface area contributed by atoms with Crippen molar-refractivity contribution in [2.24, 2.45) is 0 Å². The minimum absolute atomic E-state index is 0.227. The number of aryl methyl sites for hydroxylation is 2. The van der Waals surface area contributed by atoms with E-state index in [1.54, 1.807) is 0 Å². The molecule has 28 heavy (non-hydrogen) atoms. The third-order valence-electron chi connectivity index (χ3n) is 4.52. The lowest BCUT2D eigenvalue weighted by Crippen LogP contribution is -2.23. The van der Waals surface area contributed by atoms with E-state index >= 15 is 0 Å². The second-order valence-electron chi connectivity index (χ2n) is 6.56. The molecule has 1 amide bonds. The molecule has 3 aromatic rings. The van der Waals surface area contributed by atoms with E-state index in [2.05, 4.69) is 20.6 Å². The van der Waals surface area contributed by atoms with E-state index in [1.807, 2.05) is 50.2 Å². The van der Waals surface area contributed by atoms with E-state index in [9.17, 15) is 4.79 Å². The fourth-order valence-corrected chi connectivity index (χ4v) is 2.97. The molecule has 7 nitrogen and oxygen atoms in total. The summed E-state index contributed by atoms with van der Waals surface area (Å²) in [7, 11) is 0. The van der Waals surface area contributed by atoms with Gasteiger partial charge in [-0.1, -0.05) is 24.3 Å². The van der Waals surface area contributed by atoms with E-state index in [-0.39, 0.29) is 12.7 Å². The van der Waals surface area contributed by atoms with Crippen LogP contribution in [0.15, 0.2) is 48.8 Å². The average molecular weight is 376 g/mol. The van der Waals surface area contributed by atoms with Gasteiger partial charge in [0.25, 0.3) is 5.91 Å². The van der Waals surface area contributed by atoms with E-state index in [1.165, 1.54) is 12.4 Å². The second-order valence-corrected chi connectivity index (χ2v) is 6.56. The molecule has 2 heterocycles. The van der Waals surface area contributed by atoms with Crippen molar-refractivity contribution in [3.63, 3.8) is 0 Å². The molecule has 0 radical (unpaired) electrons. The number of benzene rings is 2. The highest BCUT2D eigenvalue weighted by Gasteiger charge is 2.14. The van der Waals surface area contributed by atoms with Gasteiger partial charge in [0.15, 0.2) is 11.5 Å². The van der Waals surface area contributed by atoms with Gasteiger partial charge in [-0.25, -0.2) is 9.97 Å². The first-order chi connectivity index (χ1) is 13.6. The number of hydrogen-bond acceptors (Lipinski definition) is 6. The highest BCUT2D eigenvalue weighted by Crippen LogP contribution is 2.32. The van der Waals surface area contributed by atoms with Crippen molar-refractivity contribution < 1.29 is 14.3 Å². The molecule has 7 heteroatoms. The van der Waals surface area contributed by atoms with Crippen LogP contribution in [0.5, 0.6) is 11.5 Å². The number of aromatic nitrogens is 2. The van der Waals surface area contributed by atoms with Gasteiger partial charge in [-0.3, -0.25) is 4.79 Å². The monoisotopic (exact) mass is 376 g/mol. The Labute approximate surface area is 162 Å². The first kappa shape index (κ1) is 17.8. The lowest BCUT2D eigenvalue weighted by atomic mass is 10.1. The summed E-state index contributed by atoms with van der Waals surface area (Å²) in [5.74, 6) is 1.62. The maximum atomic E-state index is 12.4. The van der Waals surface area contributed by atoms with Gasteiger partial charge in [-0.2, -0.15) is 0 Å². The molecule has 0 aliphatic carbocycles. The standard InChI is InChI=1S/C21H20N4O3/c1-13-4-3-5-14(2)19(13)25-21-23-10-16(11-24-21)20(26)22-9-15-6-7-17-18(8-15)28-12-27-17/h3-8,10-11H,9,12H2,1-2H3,(H,22,26)(H,23,24,25). The number of anilines is 2. The van der Waals surface area contributed by atoms with Crippen molar-refractivity contribution in [3.8, 4) is 11.5 Å². The largest absolute Gasteiger partial charge is 0.454 e. The predicted molar refractivity (Wildman–Crippen MR) is 105 cm³/mol. The summed E-state index contributed by atoms with van der Waals surface area (Å²) < 4.78 is 10.6. The molecule has 4 rings (SSSR count). The molecule has 2 N–H and O–H groups in total. The van der Waals surface area contributed by atoms with E-state index in [4.69, 9.17) is 9.47 Å². The van der Waals surface area contributed by atoms with Gasteiger partial charge < -0.3 is 20.1 Å². The summed E-state index contributed by atoms with van der Waals surface area (Å²) in [4.78, 5) is 20.9. The molecule has 0 fully saturated rings. The Bertz CT molecular complexity index is 998. The van der Waals surface area contributed by atoms with Crippen molar-refractivity contribution in [3.05, 3.63) is 71.0 Å². The lowest BCUT2D eigenvalue weighted by Gasteiger charge is -2.11. The zero-order valence-corrected chi connectivity index (χ0v) is 15.7. The first-order valence-electron chi connectivity index (χ1n) is 8.92. The molecule has 0 bridgehead atoms. The Kier molecular flexibility index (Phi) is 4.80. The lowest BCUT2D eigenvalue weighted by molar-refractivity contribution is 0.0950. The zero-order chi connectivity index (χ0) is 19.5. The van der Waals surface area contributed by atoms with Crippen LogP contribution in [0.2, 0.25) is 0 Å². The van der Waals surface area contributed by atoms with Crippen LogP contribution in [0.3, 0.4) is 0 Å². The first-order valence-corrected chi connectivity index (χ1v) is 8.92. The number of ether oxygens (including phenoxy) is 2. The summed E-state index contributed by atoms with van der Waals surface area (Å²) in [6.45, 7) is 4.64. The van der Waals surface area contributed by atoms with Crippen molar-refractivity contribution in [2.75, 3.05) is 12.1 Å². The summed E-state index contributed by atoms with van der Waals surface area (Å²) in [5.41, 5.74) is 4.51. The molecule has 1 aliphatic rings. The summed E-state index contributed by atoms with van der Waals surface area (Å²) >= 11 is 0. The summed E-state index contributed by atoms with van der Waals surface area (Å²) in [5, 5.41) is 6.07. The fourth-order valence-electron chi connectivity index (χ4n) is 2.97. The number of fused-ring (bicyclic) bond motifs is 1. The van der Waals surface area contributed by atoms with Crippen LogP contribution in [-0.4, -0.2) is 22.7 Å². The number of nitrogens with one attached hydrogen (secondary N) is 2. The number of para-hydroxylation sites is 1. The number of hydrogen-bond donors (Lipinski definition) is 2. The molecule has 142 valence electrons. The van der Waals surface area contributed by atoms with Gasteiger partial charge in [0.05, 0.1) is 5.56 Å². The minimum atomic E-state index is -0.240. The van der Waals surface area contributed by atoms with Crippen molar-refractivity contribution in [2.45, 2.75) is 20.4 Å². The minimum Gasteiger partial charge on any atom is -0.454 e. The molecular formula is C21H20N4O3. The van der Waals surface area contributed by atoms with Crippen LogP contribution >= 0.6 is 0 Å². The number of rotatable bonds is 5. The highest BCUT2D eigenvalue weighted by molar-refractivity contribution is 5.93. The smallest absolute Gasteiger partial charge is 0.254 e. The fraction of sp³-hybridized carbons (Fsp3) is 0.190. The average Bonchev–Trinajstić information content (AvgIpc) is 3.17. The topological polar surface area (TPSA) is 85.4 Å². The van der Waals surface area contributed by atoms with Crippen LogP contribution in [-0.2, 0) is 6.54 Å². The van der Waals surface area contributed by atoms with E-state index in [0.717, 1.165) is 28.1 Å². The van der Waals surface area contributed by atoms with Crippen LogP contribution < -0.4 is 20.1 Å². The molecular weight excluding hydrogens is 356 g/mol. The summed E-state index contributed by atoms with van der Waals surface area (Å²) in [6, 6.07) is 11.6. The van der Waals surface area contributed by atoms with E-state index < -0.39 is 0 Å². The van der Waals surface area contributed by atoms with Crippen LogP contribution in [0, 0.1) is 13.8 Å². The Morgan fingerprint density at radius 3 is 2.50 bits per heavy atom. The molecule has 0 spiro atoms. The third-order valence-corrected chi connectivity index (χ3v) is 4.52. The molecule has 0 saturated heterocycles. The number of carbonyl (C=O) groups is 1. The highest BCUT2D eigenvalue weighted by atomic mass is 16.7. The normalized spacial score (nSPS) is 11.9. The molecule has 1 aliphatic heterocycles. The third kappa shape index (κ3) is 3.73. The van der Waals surface area contributed by atoms with E-state index in [0.29, 0.717) is 23.8 Å². The number of carbonyl (C=O) groups excluding carboxylic acids is 1. The molecule has 0 unspecified atom stereocenters. The number of nitrogens with zero attached hydrogens (tertiary/aromatic N) is 2. The van der Waals surface area contributed by atoms with Gasteiger partial charge in [0.1, 0.15) is 0 Å². The maximum absolute atomic E-state index is 12.4. The Balaban J connectivity index is 1.39. The van der Waals surface area contributed by atoms with Crippen LogP contribution in [0.1, 0.15) is 27.0 Å². The number of amides is 1. The molecule has 0 saturated carbocycles.